The lowest BCUT2D eigenvalue weighted by Gasteiger charge is -2.00. The number of hydrogen-bond donors (Lipinski definition) is 0. The minimum atomic E-state index is 0.528. The van der Waals surface area contributed by atoms with Crippen LogP contribution in [0.15, 0.2) is 36.0 Å². The van der Waals surface area contributed by atoms with Crippen molar-refractivity contribution in [2.75, 3.05) is 0 Å². The zero-order valence-corrected chi connectivity index (χ0v) is 9.86. The zero-order chi connectivity index (χ0) is 11.6. The number of rotatable bonds is 7. The van der Waals surface area contributed by atoms with Gasteiger partial charge in [-0.15, -0.1) is 0 Å². The third-order valence-corrected chi connectivity index (χ3v) is 2.28. The van der Waals surface area contributed by atoms with Gasteiger partial charge in [0.1, 0.15) is 6.61 Å². The highest BCUT2D eigenvalue weighted by molar-refractivity contribution is 5.56. The van der Waals surface area contributed by atoms with E-state index in [0.717, 1.165) is 17.5 Å². The van der Waals surface area contributed by atoms with E-state index in [1.54, 1.807) is 0 Å². The summed E-state index contributed by atoms with van der Waals surface area (Å²) in [5, 5.41) is 3.90. The van der Waals surface area contributed by atoms with Gasteiger partial charge in [-0.2, -0.15) is 0 Å². The topological polar surface area (TPSA) is 21.6 Å². The van der Waals surface area contributed by atoms with E-state index in [1.165, 1.54) is 12.8 Å². The quantitative estimate of drug-likeness (QED) is 0.384. The molecule has 0 spiro atoms. The maximum Gasteiger partial charge on any atom is 0.142 e. The van der Waals surface area contributed by atoms with Gasteiger partial charge in [0.25, 0.3) is 0 Å². The molecular formula is C14H19NO. The monoisotopic (exact) mass is 217 g/mol. The van der Waals surface area contributed by atoms with E-state index in [4.69, 9.17) is 4.84 Å². The molecule has 0 saturated heterocycles. The van der Waals surface area contributed by atoms with Gasteiger partial charge in [-0.05, 0) is 24.0 Å². The molecule has 1 rings (SSSR count). The van der Waals surface area contributed by atoms with Crippen LogP contribution in [0, 0.1) is 0 Å². The first-order valence-electron chi connectivity index (χ1n) is 5.72. The zero-order valence-electron chi connectivity index (χ0n) is 9.86. The van der Waals surface area contributed by atoms with E-state index in [2.05, 4.69) is 18.7 Å². The summed E-state index contributed by atoms with van der Waals surface area (Å²) in [6.45, 7) is 6.40. The third-order valence-electron chi connectivity index (χ3n) is 2.28. The number of oxime groups is 1. The molecule has 0 amide bonds. The largest absolute Gasteiger partial charge is 0.391 e. The number of nitrogens with zero attached hydrogens (tertiary/aromatic N) is 1. The van der Waals surface area contributed by atoms with Crippen LogP contribution in [0.1, 0.15) is 37.3 Å². The predicted octanol–water partition coefficient (Wildman–Crippen LogP) is 4.02. The lowest BCUT2D eigenvalue weighted by Crippen LogP contribution is -1.87. The number of hydrogen-bond acceptors (Lipinski definition) is 2. The molecule has 0 aliphatic carbocycles. The lowest BCUT2D eigenvalue weighted by molar-refractivity contribution is 0.131. The van der Waals surface area contributed by atoms with Gasteiger partial charge in [0.15, 0.2) is 0 Å². The van der Waals surface area contributed by atoms with Crippen LogP contribution in [0.4, 0.5) is 0 Å². The summed E-state index contributed by atoms with van der Waals surface area (Å²) in [4.78, 5) is 5.18. The molecule has 0 aliphatic heterocycles. The van der Waals surface area contributed by atoms with Gasteiger partial charge >= 0.3 is 0 Å². The molecule has 0 aliphatic rings. The molecule has 2 heteroatoms. The molecule has 0 fully saturated rings. The number of benzene rings is 1. The Balaban J connectivity index is 2.26. The normalized spacial score (nSPS) is 10.6. The third kappa shape index (κ3) is 4.78. The Labute approximate surface area is 97.6 Å². The molecule has 0 bridgehead atoms. The van der Waals surface area contributed by atoms with Crippen LogP contribution in [-0.4, -0.2) is 6.21 Å². The average molecular weight is 217 g/mol. The molecule has 0 heterocycles. The van der Waals surface area contributed by atoms with Gasteiger partial charge in [-0.25, -0.2) is 0 Å². The first kappa shape index (κ1) is 12.5. The van der Waals surface area contributed by atoms with Crippen molar-refractivity contribution in [1.82, 2.24) is 0 Å². The summed E-state index contributed by atoms with van der Waals surface area (Å²) in [6.07, 6.45) is 7.01. The minimum Gasteiger partial charge on any atom is -0.391 e. The highest BCUT2D eigenvalue weighted by Crippen LogP contribution is 2.06. The lowest BCUT2D eigenvalue weighted by atomic mass is 10.1. The Kier molecular flexibility index (Phi) is 6.00. The van der Waals surface area contributed by atoms with Crippen molar-refractivity contribution >= 4 is 12.3 Å². The van der Waals surface area contributed by atoms with E-state index < -0.39 is 0 Å². The van der Waals surface area contributed by atoms with Crippen LogP contribution in [0.5, 0.6) is 0 Å². The fourth-order valence-corrected chi connectivity index (χ4v) is 1.26. The van der Waals surface area contributed by atoms with E-state index in [1.807, 2.05) is 36.6 Å². The van der Waals surface area contributed by atoms with Crippen molar-refractivity contribution in [3.05, 3.63) is 42.0 Å². The molecule has 16 heavy (non-hydrogen) atoms. The molecule has 1 aromatic rings. The second kappa shape index (κ2) is 7.69. The Hall–Kier alpha value is -1.57. The van der Waals surface area contributed by atoms with E-state index in [9.17, 15) is 0 Å². The average Bonchev–Trinajstić information content (AvgIpc) is 2.34. The molecule has 0 unspecified atom stereocenters. The van der Waals surface area contributed by atoms with Crippen molar-refractivity contribution < 1.29 is 4.84 Å². The molecule has 0 radical (unpaired) electrons. The Bertz CT molecular complexity index is 327. The van der Waals surface area contributed by atoms with Gasteiger partial charge in [0, 0.05) is 6.21 Å². The minimum absolute atomic E-state index is 0.528. The van der Waals surface area contributed by atoms with Crippen molar-refractivity contribution in [3.8, 4) is 0 Å². The second-order valence-corrected chi connectivity index (χ2v) is 3.65. The summed E-state index contributed by atoms with van der Waals surface area (Å²) < 4.78 is 0. The highest BCUT2D eigenvalue weighted by Gasteiger charge is 1.91. The van der Waals surface area contributed by atoms with Crippen molar-refractivity contribution in [1.29, 1.82) is 0 Å². The Morgan fingerprint density at radius 1 is 1.31 bits per heavy atom. The maximum absolute atomic E-state index is 5.18. The van der Waals surface area contributed by atoms with Crippen LogP contribution in [-0.2, 0) is 11.4 Å². The molecule has 0 atom stereocenters. The summed E-state index contributed by atoms with van der Waals surface area (Å²) in [7, 11) is 0. The van der Waals surface area contributed by atoms with Crippen LogP contribution in [0.25, 0.3) is 6.08 Å². The maximum atomic E-state index is 5.18. The first-order valence-corrected chi connectivity index (χ1v) is 5.72. The standard InChI is InChI=1S/C14H19NO/c1-3-5-6-11-15-16-12-14-9-7-13(4-2)8-10-14/h4,7-11H,2-3,5-6,12H2,1H3. The van der Waals surface area contributed by atoms with Crippen LogP contribution in [0.3, 0.4) is 0 Å². The van der Waals surface area contributed by atoms with Gasteiger partial charge in [0.2, 0.25) is 0 Å². The second-order valence-electron chi connectivity index (χ2n) is 3.65. The first-order chi connectivity index (χ1) is 7.86. The van der Waals surface area contributed by atoms with E-state index in [0.29, 0.717) is 6.61 Å². The summed E-state index contributed by atoms with van der Waals surface area (Å²) >= 11 is 0. The van der Waals surface area contributed by atoms with Crippen LogP contribution >= 0.6 is 0 Å². The molecule has 1 aromatic carbocycles. The van der Waals surface area contributed by atoms with Gasteiger partial charge in [0.05, 0.1) is 0 Å². The fourth-order valence-electron chi connectivity index (χ4n) is 1.26. The molecule has 0 saturated carbocycles. The molecule has 2 nitrogen and oxygen atoms in total. The highest BCUT2D eigenvalue weighted by atomic mass is 16.6. The van der Waals surface area contributed by atoms with Gasteiger partial charge < -0.3 is 4.84 Å². The Morgan fingerprint density at radius 2 is 2.06 bits per heavy atom. The predicted molar refractivity (Wildman–Crippen MR) is 69.3 cm³/mol. The summed E-state index contributed by atoms with van der Waals surface area (Å²) in [5.74, 6) is 0. The Morgan fingerprint density at radius 3 is 2.69 bits per heavy atom. The van der Waals surface area contributed by atoms with Crippen molar-refractivity contribution in [3.63, 3.8) is 0 Å². The smallest absolute Gasteiger partial charge is 0.142 e. The molecule has 86 valence electrons. The van der Waals surface area contributed by atoms with Gasteiger partial charge in [-0.3, -0.25) is 0 Å². The van der Waals surface area contributed by atoms with Gasteiger partial charge in [-0.1, -0.05) is 55.4 Å². The van der Waals surface area contributed by atoms with Crippen LogP contribution in [0.2, 0.25) is 0 Å². The number of unbranched alkanes of at least 4 members (excludes halogenated alkanes) is 2. The SMILES string of the molecule is C=Cc1ccc(CON=CCCCC)cc1. The van der Waals surface area contributed by atoms with E-state index >= 15 is 0 Å². The summed E-state index contributed by atoms with van der Waals surface area (Å²) in [6, 6.07) is 8.09. The van der Waals surface area contributed by atoms with Crippen molar-refractivity contribution in [2.24, 2.45) is 5.16 Å². The van der Waals surface area contributed by atoms with E-state index in [-0.39, 0.29) is 0 Å². The van der Waals surface area contributed by atoms with Crippen molar-refractivity contribution in [2.45, 2.75) is 32.8 Å². The molecule has 0 N–H and O–H groups in total. The fraction of sp³-hybridized carbons (Fsp3) is 0.357. The van der Waals surface area contributed by atoms with Crippen LogP contribution < -0.4 is 0 Å². The summed E-state index contributed by atoms with van der Waals surface area (Å²) in [5.41, 5.74) is 2.24. The molecule has 0 aromatic heterocycles. The molecular weight excluding hydrogens is 198 g/mol.